The Kier molecular flexibility index (Phi) is 7.86. The second-order valence-electron chi connectivity index (χ2n) is 12.4. The largest absolute Gasteiger partial charge is 0.490 e. The quantitative estimate of drug-likeness (QED) is 0.385. The van der Waals surface area contributed by atoms with Gasteiger partial charge in [-0.15, -0.1) is 0 Å². The van der Waals surface area contributed by atoms with Gasteiger partial charge in [0, 0.05) is 37.2 Å². The molecule has 2 N–H and O–H groups in total. The van der Waals surface area contributed by atoms with E-state index >= 15 is 0 Å². The zero-order valence-corrected chi connectivity index (χ0v) is 24.0. The molecule has 3 aliphatic carbocycles. The molecular weight excluding hydrogens is 526 g/mol. The van der Waals surface area contributed by atoms with Crippen molar-refractivity contribution < 1.29 is 24.5 Å². The third-order valence-electron chi connectivity index (χ3n) is 10.0. The normalized spacial score (nSPS) is 28.4. The van der Waals surface area contributed by atoms with Crippen LogP contribution in [0, 0.1) is 17.8 Å². The first-order valence-corrected chi connectivity index (χ1v) is 15.1. The van der Waals surface area contributed by atoms with Gasteiger partial charge in [-0.2, -0.15) is 0 Å². The molecule has 0 amide bonds. The van der Waals surface area contributed by atoms with Crippen molar-refractivity contribution in [1.82, 2.24) is 0 Å². The summed E-state index contributed by atoms with van der Waals surface area (Å²) in [6.07, 6.45) is 10.7. The van der Waals surface area contributed by atoms with Crippen molar-refractivity contribution in [3.8, 4) is 5.75 Å². The molecule has 0 bridgehead atoms. The number of hydrogen-bond acceptors (Lipinski definition) is 5. The number of aliphatic hydroxyl groups is 1. The Bertz CT molecular complexity index is 1290. The van der Waals surface area contributed by atoms with Crippen LogP contribution in [0.15, 0.2) is 48.0 Å². The molecule has 5 atom stereocenters. The van der Waals surface area contributed by atoms with E-state index in [4.69, 9.17) is 21.1 Å². The molecule has 214 valence electrons. The number of halogens is 1. The Labute approximate surface area is 241 Å². The standard InChI is InChI=1S/C33H40ClNO5/c1-39-31(22-6-4-21(18-36)5-7-22)27-11-8-25(27)17-35-19-33(14-2-3-23-15-26(34)10-12-28(23)33)20-40-30-13-9-24(32(37)38)16-29(30)35/h6,9-10,12-13,15-16,21,25,27,31,36H,2-5,7-8,11,14,17-20H2,1H3,(H,37,38)/t21-,25-,27+,31?,33?/m0/s1. The summed E-state index contributed by atoms with van der Waals surface area (Å²) < 4.78 is 12.6. The molecule has 1 fully saturated rings. The van der Waals surface area contributed by atoms with Crippen LogP contribution in [-0.2, 0) is 16.6 Å². The summed E-state index contributed by atoms with van der Waals surface area (Å²) in [5.41, 5.74) is 4.95. The fourth-order valence-corrected chi connectivity index (χ4v) is 7.88. The fraction of sp³-hybridized carbons (Fsp3) is 0.545. The number of anilines is 1. The van der Waals surface area contributed by atoms with E-state index in [1.165, 1.54) is 16.7 Å². The Morgan fingerprint density at radius 3 is 2.77 bits per heavy atom. The maximum atomic E-state index is 11.9. The first kappa shape index (κ1) is 27.6. The second-order valence-corrected chi connectivity index (χ2v) is 12.8. The van der Waals surface area contributed by atoms with Gasteiger partial charge < -0.3 is 24.6 Å². The van der Waals surface area contributed by atoms with Crippen molar-refractivity contribution in [1.29, 1.82) is 0 Å². The minimum atomic E-state index is -0.925. The molecule has 6 nitrogen and oxygen atoms in total. The van der Waals surface area contributed by atoms with Gasteiger partial charge in [-0.1, -0.05) is 23.7 Å². The number of fused-ring (bicyclic) bond motifs is 3. The Morgan fingerprint density at radius 1 is 1.20 bits per heavy atom. The highest BCUT2D eigenvalue weighted by Gasteiger charge is 2.45. The van der Waals surface area contributed by atoms with Crippen molar-refractivity contribution in [2.45, 2.75) is 62.9 Å². The van der Waals surface area contributed by atoms with Gasteiger partial charge in [0.15, 0.2) is 0 Å². The van der Waals surface area contributed by atoms with Crippen LogP contribution >= 0.6 is 11.6 Å². The number of ether oxygens (including phenoxy) is 2. The summed E-state index contributed by atoms with van der Waals surface area (Å²) >= 11 is 6.39. The molecule has 0 radical (unpaired) electrons. The first-order chi connectivity index (χ1) is 19.4. The molecule has 4 aliphatic rings. The number of benzene rings is 2. The number of carboxylic acid groups (broad SMARTS) is 1. The topological polar surface area (TPSA) is 79.2 Å². The third-order valence-corrected chi connectivity index (χ3v) is 10.3. The number of hydrogen-bond donors (Lipinski definition) is 2. The molecule has 7 heteroatoms. The van der Waals surface area contributed by atoms with Gasteiger partial charge in [-0.25, -0.2) is 4.79 Å². The molecule has 2 aromatic carbocycles. The first-order valence-electron chi connectivity index (χ1n) is 14.8. The zero-order chi connectivity index (χ0) is 27.9. The number of allylic oxidation sites excluding steroid dienone is 1. The predicted octanol–water partition coefficient (Wildman–Crippen LogP) is 6.27. The van der Waals surface area contributed by atoms with E-state index in [0.29, 0.717) is 24.4 Å². The van der Waals surface area contributed by atoms with Gasteiger partial charge in [0.05, 0.1) is 24.0 Å². The number of aryl methyl sites for hydroxylation is 1. The van der Waals surface area contributed by atoms with Gasteiger partial charge in [0.25, 0.3) is 0 Å². The van der Waals surface area contributed by atoms with E-state index in [-0.39, 0.29) is 23.7 Å². The molecule has 1 aliphatic heterocycles. The fourth-order valence-electron chi connectivity index (χ4n) is 7.68. The van der Waals surface area contributed by atoms with Crippen molar-refractivity contribution in [2.24, 2.45) is 17.8 Å². The second kappa shape index (κ2) is 11.4. The lowest BCUT2D eigenvalue weighted by Crippen LogP contribution is -2.50. The minimum Gasteiger partial charge on any atom is -0.490 e. The summed E-state index contributed by atoms with van der Waals surface area (Å²) in [5.74, 6) is 1.05. The molecule has 40 heavy (non-hydrogen) atoms. The number of nitrogens with zero attached hydrogens (tertiary/aromatic N) is 1. The van der Waals surface area contributed by atoms with Crippen molar-refractivity contribution in [2.75, 3.05) is 38.3 Å². The van der Waals surface area contributed by atoms with E-state index in [0.717, 1.165) is 80.9 Å². The highest BCUT2D eigenvalue weighted by atomic mass is 35.5. The van der Waals surface area contributed by atoms with E-state index in [9.17, 15) is 15.0 Å². The minimum absolute atomic E-state index is 0.0953. The Balaban J connectivity index is 1.32. The molecule has 1 heterocycles. The van der Waals surface area contributed by atoms with Crippen LogP contribution in [-0.4, -0.2) is 55.7 Å². The van der Waals surface area contributed by atoms with E-state index in [1.54, 1.807) is 12.1 Å². The number of methoxy groups -OCH3 is 1. The SMILES string of the molecule is COC(C1=CC[C@H](CO)CC1)[C@@H]1CC[C@H]1CN1CC2(CCCc3cc(Cl)ccc32)COc2ccc(C(=O)O)cc21. The average Bonchev–Trinajstić information content (AvgIpc) is 3.10. The smallest absolute Gasteiger partial charge is 0.335 e. The Hall–Kier alpha value is -2.54. The predicted molar refractivity (Wildman–Crippen MR) is 157 cm³/mol. The van der Waals surface area contributed by atoms with Crippen LogP contribution in [0.5, 0.6) is 5.75 Å². The van der Waals surface area contributed by atoms with Crippen LogP contribution in [0.1, 0.15) is 66.4 Å². The molecular formula is C33H40ClNO5. The molecule has 0 saturated heterocycles. The molecule has 0 aromatic heterocycles. The van der Waals surface area contributed by atoms with E-state index < -0.39 is 5.97 Å². The zero-order valence-electron chi connectivity index (χ0n) is 23.3. The summed E-state index contributed by atoms with van der Waals surface area (Å²) in [7, 11) is 1.83. The lowest BCUT2D eigenvalue weighted by Gasteiger charge is -2.47. The van der Waals surface area contributed by atoms with Crippen LogP contribution in [0.3, 0.4) is 0 Å². The Morgan fingerprint density at radius 2 is 2.08 bits per heavy atom. The number of aliphatic hydroxyl groups excluding tert-OH is 1. The molecule has 6 rings (SSSR count). The summed E-state index contributed by atoms with van der Waals surface area (Å²) in [6.45, 7) is 2.42. The van der Waals surface area contributed by atoms with E-state index in [1.807, 2.05) is 19.2 Å². The summed E-state index contributed by atoms with van der Waals surface area (Å²) in [4.78, 5) is 14.4. The van der Waals surface area contributed by atoms with Crippen molar-refractivity contribution in [3.63, 3.8) is 0 Å². The monoisotopic (exact) mass is 565 g/mol. The molecule has 2 aromatic rings. The third kappa shape index (κ3) is 5.15. The van der Waals surface area contributed by atoms with Crippen LogP contribution < -0.4 is 9.64 Å². The summed E-state index contributed by atoms with van der Waals surface area (Å²) in [6, 6.07) is 11.5. The number of aromatic carboxylic acids is 1. The van der Waals surface area contributed by atoms with Crippen LogP contribution in [0.25, 0.3) is 0 Å². The van der Waals surface area contributed by atoms with Gasteiger partial charge in [-0.05, 0) is 116 Å². The van der Waals surface area contributed by atoms with Gasteiger partial charge >= 0.3 is 5.97 Å². The van der Waals surface area contributed by atoms with E-state index in [2.05, 4.69) is 23.1 Å². The van der Waals surface area contributed by atoms with Crippen LogP contribution in [0.2, 0.25) is 5.02 Å². The van der Waals surface area contributed by atoms with Crippen molar-refractivity contribution >= 4 is 23.3 Å². The molecule has 2 unspecified atom stereocenters. The lowest BCUT2D eigenvalue weighted by molar-refractivity contribution is 0.00273. The van der Waals surface area contributed by atoms with Crippen LogP contribution in [0.4, 0.5) is 5.69 Å². The highest BCUT2D eigenvalue weighted by molar-refractivity contribution is 6.30. The molecule has 1 spiro atoms. The van der Waals surface area contributed by atoms with Gasteiger partial charge in [0.2, 0.25) is 0 Å². The lowest BCUT2D eigenvalue weighted by atomic mass is 9.66. The molecule has 1 saturated carbocycles. The number of rotatable bonds is 7. The average molecular weight is 566 g/mol. The number of carbonyl (C=O) groups is 1. The maximum Gasteiger partial charge on any atom is 0.335 e. The maximum absolute atomic E-state index is 11.9. The van der Waals surface area contributed by atoms with Crippen molar-refractivity contribution in [3.05, 3.63) is 69.8 Å². The summed E-state index contributed by atoms with van der Waals surface area (Å²) in [5, 5.41) is 20.1. The highest BCUT2D eigenvalue weighted by Crippen LogP contribution is 2.48. The number of carboxylic acids is 1. The van der Waals surface area contributed by atoms with Gasteiger partial charge in [-0.3, -0.25) is 0 Å². The van der Waals surface area contributed by atoms with Gasteiger partial charge in [0.1, 0.15) is 5.75 Å².